The largest absolute Gasteiger partial charge is 0.493 e. The average molecular weight is 424 g/mol. The average Bonchev–Trinajstić information content (AvgIpc) is 2.74. The Bertz CT molecular complexity index is 804. The van der Waals surface area contributed by atoms with Crippen molar-refractivity contribution in [3.8, 4) is 17.2 Å². The Balaban J connectivity index is 2.33. The summed E-state index contributed by atoms with van der Waals surface area (Å²) in [4.78, 5) is 18.5. The maximum absolute atomic E-state index is 13.1. The van der Waals surface area contributed by atoms with E-state index in [0.717, 1.165) is 5.56 Å². The van der Waals surface area contributed by atoms with Gasteiger partial charge in [-0.15, -0.1) is 0 Å². The molecular weight excluding hydrogens is 398 g/mol. The number of hydroxylamine groups is 2. The Morgan fingerprint density at radius 3 is 2.21 bits per heavy atom. The molecule has 7 nitrogen and oxygen atoms in total. The summed E-state index contributed by atoms with van der Waals surface area (Å²) in [6.45, 7) is 0.194. The van der Waals surface area contributed by atoms with Crippen molar-refractivity contribution in [1.29, 1.82) is 0 Å². The van der Waals surface area contributed by atoms with Crippen molar-refractivity contribution in [3.05, 3.63) is 52.5 Å². The number of rotatable bonds is 10. The highest BCUT2D eigenvalue weighted by Gasteiger charge is 2.24. The van der Waals surface area contributed by atoms with Crippen LogP contribution in [-0.2, 0) is 4.84 Å². The Kier molecular flexibility index (Phi) is 8.57. The number of halogens is 1. The molecular formula is C21H26ClNO6. The summed E-state index contributed by atoms with van der Waals surface area (Å²) in [5.41, 5.74) is 1.22. The van der Waals surface area contributed by atoms with Crippen molar-refractivity contribution in [2.45, 2.75) is 12.3 Å². The number of benzene rings is 2. The van der Waals surface area contributed by atoms with Crippen LogP contribution in [0.1, 0.15) is 28.3 Å². The van der Waals surface area contributed by atoms with Gasteiger partial charge in [-0.25, -0.2) is 5.06 Å². The van der Waals surface area contributed by atoms with E-state index in [1.807, 2.05) is 18.2 Å². The lowest BCUT2D eigenvalue weighted by Gasteiger charge is -2.26. The number of ether oxygens (including phenoxy) is 3. The Morgan fingerprint density at radius 2 is 1.72 bits per heavy atom. The van der Waals surface area contributed by atoms with Crippen LogP contribution in [-0.4, -0.2) is 57.7 Å². The van der Waals surface area contributed by atoms with Gasteiger partial charge in [0.25, 0.3) is 5.91 Å². The van der Waals surface area contributed by atoms with Gasteiger partial charge in [-0.1, -0.05) is 23.7 Å². The number of aliphatic hydroxyl groups excluding tert-OH is 1. The van der Waals surface area contributed by atoms with Crippen LogP contribution in [0.25, 0.3) is 0 Å². The molecule has 2 aromatic rings. The van der Waals surface area contributed by atoms with Crippen LogP contribution in [0.15, 0.2) is 36.4 Å². The van der Waals surface area contributed by atoms with E-state index in [9.17, 15) is 9.90 Å². The van der Waals surface area contributed by atoms with E-state index in [4.69, 9.17) is 30.6 Å². The third kappa shape index (κ3) is 5.53. The maximum atomic E-state index is 13.1. The molecule has 0 aliphatic rings. The normalized spacial score (nSPS) is 11.7. The number of aliphatic hydroxyl groups is 1. The van der Waals surface area contributed by atoms with Crippen molar-refractivity contribution >= 4 is 17.5 Å². The predicted molar refractivity (Wildman–Crippen MR) is 110 cm³/mol. The fourth-order valence-electron chi connectivity index (χ4n) is 3.07. The SMILES string of the molecule is COc1cc(C(=O)N(CC(CCO)c2cccc(Cl)c2)OC)cc(OC)c1OC. The predicted octanol–water partition coefficient (Wildman–Crippen LogP) is 3.54. The number of hydrogen-bond acceptors (Lipinski definition) is 6. The number of carbonyl (C=O) groups is 1. The van der Waals surface area contributed by atoms with Gasteiger partial charge in [0.05, 0.1) is 35.0 Å². The number of carbonyl (C=O) groups excluding carboxylic acids is 1. The van der Waals surface area contributed by atoms with E-state index in [1.165, 1.54) is 33.5 Å². The van der Waals surface area contributed by atoms with Crippen LogP contribution in [0.5, 0.6) is 17.2 Å². The second-order valence-electron chi connectivity index (χ2n) is 6.23. The summed E-state index contributed by atoms with van der Waals surface area (Å²) < 4.78 is 15.9. The smallest absolute Gasteiger partial charge is 0.277 e. The molecule has 0 fully saturated rings. The van der Waals surface area contributed by atoms with Crippen LogP contribution in [0.2, 0.25) is 5.02 Å². The summed E-state index contributed by atoms with van der Waals surface area (Å²) in [6.07, 6.45) is 0.447. The van der Waals surface area contributed by atoms with E-state index in [0.29, 0.717) is 34.3 Å². The summed E-state index contributed by atoms with van der Waals surface area (Å²) >= 11 is 6.10. The van der Waals surface area contributed by atoms with Crippen molar-refractivity contribution < 1.29 is 28.9 Å². The first-order valence-corrected chi connectivity index (χ1v) is 9.39. The van der Waals surface area contributed by atoms with Crippen LogP contribution in [0.4, 0.5) is 0 Å². The van der Waals surface area contributed by atoms with E-state index >= 15 is 0 Å². The Labute approximate surface area is 175 Å². The molecule has 1 amide bonds. The lowest BCUT2D eigenvalue weighted by molar-refractivity contribution is -0.0991. The summed E-state index contributed by atoms with van der Waals surface area (Å²) in [5.74, 6) is 0.593. The van der Waals surface area contributed by atoms with Crippen molar-refractivity contribution in [1.82, 2.24) is 5.06 Å². The second-order valence-corrected chi connectivity index (χ2v) is 6.66. The number of methoxy groups -OCH3 is 3. The fraction of sp³-hybridized carbons (Fsp3) is 0.381. The highest BCUT2D eigenvalue weighted by molar-refractivity contribution is 6.30. The molecule has 1 unspecified atom stereocenters. The second kappa shape index (κ2) is 10.9. The number of hydrogen-bond donors (Lipinski definition) is 1. The third-order valence-corrected chi connectivity index (χ3v) is 4.78. The van der Waals surface area contributed by atoms with Crippen LogP contribution >= 0.6 is 11.6 Å². The zero-order valence-corrected chi connectivity index (χ0v) is 17.7. The van der Waals surface area contributed by atoms with Gasteiger partial charge in [-0.05, 0) is 36.2 Å². The molecule has 2 aromatic carbocycles. The van der Waals surface area contributed by atoms with Gasteiger partial charge in [0, 0.05) is 23.1 Å². The first-order valence-electron chi connectivity index (χ1n) is 9.01. The van der Waals surface area contributed by atoms with Gasteiger partial charge >= 0.3 is 0 Å². The fourth-order valence-corrected chi connectivity index (χ4v) is 3.27. The minimum Gasteiger partial charge on any atom is -0.493 e. The van der Waals surface area contributed by atoms with Crippen LogP contribution in [0, 0.1) is 0 Å². The third-order valence-electron chi connectivity index (χ3n) is 4.54. The van der Waals surface area contributed by atoms with Gasteiger partial charge in [-0.3, -0.25) is 9.63 Å². The van der Waals surface area contributed by atoms with E-state index in [2.05, 4.69) is 0 Å². The molecule has 0 aliphatic carbocycles. The topological polar surface area (TPSA) is 77.5 Å². The van der Waals surface area contributed by atoms with Gasteiger partial charge in [0.1, 0.15) is 0 Å². The van der Waals surface area contributed by atoms with E-state index in [1.54, 1.807) is 18.2 Å². The molecule has 0 saturated heterocycles. The molecule has 8 heteroatoms. The maximum Gasteiger partial charge on any atom is 0.277 e. The highest BCUT2D eigenvalue weighted by atomic mass is 35.5. The lowest BCUT2D eigenvalue weighted by Crippen LogP contribution is -2.34. The molecule has 0 saturated carbocycles. The molecule has 1 atom stereocenters. The summed E-state index contributed by atoms with van der Waals surface area (Å²) in [7, 11) is 5.88. The zero-order chi connectivity index (χ0) is 21.4. The molecule has 1 N–H and O–H groups in total. The van der Waals surface area contributed by atoms with Crippen LogP contribution in [0.3, 0.4) is 0 Å². The summed E-state index contributed by atoms with van der Waals surface area (Å²) in [5, 5.41) is 11.3. The van der Waals surface area contributed by atoms with Crippen molar-refractivity contribution in [3.63, 3.8) is 0 Å². The molecule has 0 aromatic heterocycles. The number of nitrogens with zero attached hydrogens (tertiary/aromatic N) is 1. The first-order chi connectivity index (χ1) is 14.0. The monoisotopic (exact) mass is 423 g/mol. The van der Waals surface area contributed by atoms with E-state index in [-0.39, 0.29) is 25.0 Å². The standard InChI is InChI=1S/C21H26ClNO6/c1-26-18-11-16(12-19(27-2)20(18)28-3)21(25)23(29-4)13-15(8-9-24)14-6-5-7-17(22)10-14/h5-7,10-12,15,24H,8-9,13H2,1-4H3. The number of amides is 1. The summed E-state index contributed by atoms with van der Waals surface area (Å²) in [6, 6.07) is 10.5. The molecule has 0 radical (unpaired) electrons. The quantitative estimate of drug-likeness (QED) is 0.589. The van der Waals surface area contributed by atoms with E-state index < -0.39 is 0 Å². The van der Waals surface area contributed by atoms with Gasteiger partial charge in [-0.2, -0.15) is 0 Å². The molecule has 2 rings (SSSR count). The molecule has 0 aliphatic heterocycles. The minimum absolute atomic E-state index is 0.0346. The molecule has 0 bridgehead atoms. The Hall–Kier alpha value is -2.48. The minimum atomic E-state index is -0.378. The van der Waals surface area contributed by atoms with Crippen molar-refractivity contribution in [2.24, 2.45) is 0 Å². The van der Waals surface area contributed by atoms with Gasteiger partial charge in [0.15, 0.2) is 11.5 Å². The van der Waals surface area contributed by atoms with Gasteiger partial charge in [0.2, 0.25) is 5.75 Å². The Morgan fingerprint density at radius 1 is 1.07 bits per heavy atom. The molecule has 0 spiro atoms. The first kappa shape index (κ1) is 22.8. The van der Waals surface area contributed by atoms with Crippen LogP contribution < -0.4 is 14.2 Å². The van der Waals surface area contributed by atoms with Gasteiger partial charge < -0.3 is 19.3 Å². The highest BCUT2D eigenvalue weighted by Crippen LogP contribution is 2.38. The molecule has 29 heavy (non-hydrogen) atoms. The zero-order valence-electron chi connectivity index (χ0n) is 17.0. The molecule has 0 heterocycles. The lowest BCUT2D eigenvalue weighted by atomic mass is 9.95. The molecule has 158 valence electrons. The van der Waals surface area contributed by atoms with Crippen molar-refractivity contribution in [2.75, 3.05) is 41.6 Å².